The first-order valence-electron chi connectivity index (χ1n) is 4.23. The largest absolute Gasteiger partial charge is 0.493 e. The minimum absolute atomic E-state index is 0.214. The van der Waals surface area contributed by atoms with E-state index in [4.69, 9.17) is 10.0 Å². The zero-order valence-electron chi connectivity index (χ0n) is 7.59. The summed E-state index contributed by atoms with van der Waals surface area (Å²) in [6, 6.07) is 4.70. The average molecular weight is 223 g/mol. The van der Waals surface area contributed by atoms with E-state index in [1.54, 1.807) is 6.07 Å². The molecule has 0 aromatic carbocycles. The monoisotopic (exact) mass is 223 g/mol. The molecule has 0 aliphatic rings. The van der Waals surface area contributed by atoms with Crippen molar-refractivity contribution in [1.82, 2.24) is 4.98 Å². The van der Waals surface area contributed by atoms with Gasteiger partial charge in [0.25, 0.3) is 0 Å². The van der Waals surface area contributed by atoms with E-state index in [1.165, 1.54) is 17.4 Å². The summed E-state index contributed by atoms with van der Waals surface area (Å²) in [5.41, 5.74) is 1.09. The van der Waals surface area contributed by atoms with Crippen LogP contribution in [0.4, 0.5) is 4.39 Å². The Morgan fingerprint density at radius 3 is 2.60 bits per heavy atom. The van der Waals surface area contributed by atoms with Crippen LogP contribution in [0.1, 0.15) is 0 Å². The molecule has 0 atom stereocenters. The van der Waals surface area contributed by atoms with Crippen LogP contribution in [0.3, 0.4) is 0 Å². The van der Waals surface area contributed by atoms with Crippen LogP contribution >= 0.6 is 11.3 Å². The van der Waals surface area contributed by atoms with Gasteiger partial charge in [0, 0.05) is 16.4 Å². The number of halogens is 1. The molecule has 76 valence electrons. The van der Waals surface area contributed by atoms with Crippen molar-refractivity contribution in [2.75, 3.05) is 0 Å². The van der Waals surface area contributed by atoms with Crippen molar-refractivity contribution in [2.24, 2.45) is 0 Å². The van der Waals surface area contributed by atoms with Gasteiger partial charge in [0.15, 0.2) is 0 Å². The van der Waals surface area contributed by atoms with Crippen LogP contribution in [-0.2, 0) is 0 Å². The molecule has 2 N–H and O–H groups in total. The minimum atomic E-state index is -1.82. The summed E-state index contributed by atoms with van der Waals surface area (Å²) < 4.78 is 13.3. The van der Waals surface area contributed by atoms with E-state index in [1.807, 2.05) is 16.8 Å². The van der Waals surface area contributed by atoms with E-state index in [0.29, 0.717) is 5.69 Å². The molecule has 2 aromatic heterocycles. The van der Waals surface area contributed by atoms with E-state index in [2.05, 4.69) is 4.98 Å². The Bertz CT molecular complexity index is 461. The molecular weight excluding hydrogens is 216 g/mol. The molecule has 2 rings (SSSR count). The van der Waals surface area contributed by atoms with Crippen molar-refractivity contribution in [3.05, 3.63) is 34.9 Å². The summed E-state index contributed by atoms with van der Waals surface area (Å²) in [4.78, 5) is 3.66. The zero-order valence-corrected chi connectivity index (χ0v) is 8.41. The van der Waals surface area contributed by atoms with Crippen LogP contribution in [0.25, 0.3) is 11.3 Å². The second-order valence-corrected chi connectivity index (χ2v) is 3.74. The molecule has 2 heterocycles. The summed E-state index contributed by atoms with van der Waals surface area (Å²) >= 11 is 1.49. The molecule has 0 saturated carbocycles. The average Bonchev–Trinajstić information content (AvgIpc) is 2.69. The normalized spacial score (nSPS) is 10.3. The number of nitrogens with zero attached hydrogens (tertiary/aromatic N) is 1. The fourth-order valence-corrected chi connectivity index (χ4v) is 1.86. The Kier molecular flexibility index (Phi) is 2.81. The lowest BCUT2D eigenvalue weighted by molar-refractivity contribution is 0.422. The highest BCUT2D eigenvalue weighted by molar-refractivity contribution is 7.08. The molecule has 3 nitrogen and oxygen atoms in total. The third-order valence-electron chi connectivity index (χ3n) is 1.97. The molecule has 0 unspecified atom stereocenters. The van der Waals surface area contributed by atoms with Crippen LogP contribution in [0.5, 0.6) is 0 Å². The molecule has 0 radical (unpaired) electrons. The number of pyridine rings is 1. The van der Waals surface area contributed by atoms with Crippen LogP contribution in [-0.4, -0.2) is 22.2 Å². The van der Waals surface area contributed by atoms with Crippen LogP contribution < -0.4 is 5.46 Å². The Labute approximate surface area is 90.0 Å². The van der Waals surface area contributed by atoms with Gasteiger partial charge in [-0.3, -0.25) is 0 Å². The predicted octanol–water partition coefficient (Wildman–Crippen LogP) is 0.629. The summed E-state index contributed by atoms with van der Waals surface area (Å²) in [6.07, 6.45) is 0. The molecule has 15 heavy (non-hydrogen) atoms. The Balaban J connectivity index is 2.42. The number of rotatable bonds is 2. The smallest absolute Gasteiger partial charge is 0.423 e. The fourth-order valence-electron chi connectivity index (χ4n) is 1.21. The van der Waals surface area contributed by atoms with Crippen molar-refractivity contribution in [1.29, 1.82) is 0 Å². The zero-order chi connectivity index (χ0) is 10.8. The van der Waals surface area contributed by atoms with Crippen molar-refractivity contribution in [2.45, 2.75) is 0 Å². The number of aromatic nitrogens is 1. The summed E-state index contributed by atoms with van der Waals surface area (Å²) in [6.45, 7) is 0. The Morgan fingerprint density at radius 1 is 1.27 bits per heavy atom. The maximum Gasteiger partial charge on any atom is 0.493 e. The lowest BCUT2D eigenvalue weighted by atomic mass is 9.81. The van der Waals surface area contributed by atoms with Crippen LogP contribution in [0, 0.1) is 5.95 Å². The molecule has 6 heteroatoms. The van der Waals surface area contributed by atoms with Crippen LogP contribution in [0.2, 0.25) is 0 Å². The Morgan fingerprint density at radius 2 is 2.07 bits per heavy atom. The van der Waals surface area contributed by atoms with Gasteiger partial charge < -0.3 is 10.0 Å². The molecule has 0 spiro atoms. The van der Waals surface area contributed by atoms with Gasteiger partial charge in [0.2, 0.25) is 5.95 Å². The highest BCUT2D eigenvalue weighted by atomic mass is 32.1. The van der Waals surface area contributed by atoms with E-state index >= 15 is 0 Å². The van der Waals surface area contributed by atoms with Gasteiger partial charge in [0.05, 0.1) is 5.69 Å². The van der Waals surface area contributed by atoms with Crippen molar-refractivity contribution in [3.63, 3.8) is 0 Å². The maximum atomic E-state index is 13.3. The van der Waals surface area contributed by atoms with Crippen molar-refractivity contribution < 1.29 is 14.4 Å². The van der Waals surface area contributed by atoms with Crippen molar-refractivity contribution >= 4 is 23.9 Å². The first-order valence-corrected chi connectivity index (χ1v) is 5.18. The van der Waals surface area contributed by atoms with E-state index in [0.717, 1.165) is 5.56 Å². The van der Waals surface area contributed by atoms with Crippen LogP contribution in [0.15, 0.2) is 29.0 Å². The number of hydrogen-bond acceptors (Lipinski definition) is 4. The van der Waals surface area contributed by atoms with Gasteiger partial charge in [-0.25, -0.2) is 4.98 Å². The Hall–Kier alpha value is -1.24. The fraction of sp³-hybridized carbons (Fsp3) is 0. The molecule has 0 saturated heterocycles. The standard InChI is InChI=1S/C9H7BFNO2S/c11-9-7(10(13)14)1-2-8(12-9)6-3-4-15-5-6/h1-5,13-14H. The summed E-state index contributed by atoms with van der Waals surface area (Å²) in [5, 5.41) is 21.3. The highest BCUT2D eigenvalue weighted by Gasteiger charge is 2.17. The topological polar surface area (TPSA) is 53.4 Å². The van der Waals surface area contributed by atoms with Gasteiger partial charge >= 0.3 is 7.12 Å². The molecule has 0 aliphatic heterocycles. The van der Waals surface area contributed by atoms with E-state index in [-0.39, 0.29) is 5.46 Å². The highest BCUT2D eigenvalue weighted by Crippen LogP contribution is 2.19. The lowest BCUT2D eigenvalue weighted by Crippen LogP contribution is -2.33. The third-order valence-corrected chi connectivity index (χ3v) is 2.66. The molecular formula is C9H7BFNO2S. The van der Waals surface area contributed by atoms with Gasteiger partial charge in [-0.15, -0.1) is 0 Å². The maximum absolute atomic E-state index is 13.3. The molecule has 0 bridgehead atoms. The third kappa shape index (κ3) is 2.06. The second kappa shape index (κ2) is 4.10. The van der Waals surface area contributed by atoms with E-state index in [9.17, 15) is 4.39 Å². The molecule has 0 fully saturated rings. The second-order valence-electron chi connectivity index (χ2n) is 2.96. The molecule has 0 aliphatic carbocycles. The van der Waals surface area contributed by atoms with Crippen molar-refractivity contribution in [3.8, 4) is 11.3 Å². The van der Waals surface area contributed by atoms with Gasteiger partial charge in [-0.1, -0.05) is 6.07 Å². The van der Waals surface area contributed by atoms with Gasteiger partial charge in [-0.05, 0) is 17.5 Å². The summed E-state index contributed by atoms with van der Waals surface area (Å²) in [5.74, 6) is -0.853. The van der Waals surface area contributed by atoms with Gasteiger partial charge in [-0.2, -0.15) is 15.7 Å². The van der Waals surface area contributed by atoms with E-state index < -0.39 is 13.1 Å². The predicted molar refractivity (Wildman–Crippen MR) is 57.3 cm³/mol. The first kappa shape index (κ1) is 10.3. The minimum Gasteiger partial charge on any atom is -0.423 e. The molecule has 0 amide bonds. The van der Waals surface area contributed by atoms with Gasteiger partial charge in [0.1, 0.15) is 0 Å². The first-order chi connectivity index (χ1) is 7.18. The molecule has 2 aromatic rings. The number of thiophene rings is 1. The number of hydrogen-bond donors (Lipinski definition) is 2. The summed E-state index contributed by atoms with van der Waals surface area (Å²) in [7, 11) is -1.82. The quantitative estimate of drug-likeness (QED) is 0.579. The SMILES string of the molecule is OB(O)c1ccc(-c2ccsc2)nc1F. The lowest BCUT2D eigenvalue weighted by Gasteiger charge is -2.02.